The van der Waals surface area contributed by atoms with Gasteiger partial charge in [0.2, 0.25) is 5.91 Å². The Morgan fingerprint density at radius 1 is 1.32 bits per heavy atom. The molecule has 3 heterocycles. The van der Waals surface area contributed by atoms with Gasteiger partial charge in [-0.1, -0.05) is 17.7 Å². The summed E-state index contributed by atoms with van der Waals surface area (Å²) in [5.74, 6) is 0.836. The molecule has 8 heteroatoms. The number of hydrogen-bond acceptors (Lipinski definition) is 6. The molecule has 0 fully saturated rings. The lowest BCUT2D eigenvalue weighted by molar-refractivity contribution is -0.126. The number of hydrogen-bond donors (Lipinski definition) is 2. The third-order valence-corrected chi connectivity index (χ3v) is 6.01. The molecule has 6 nitrogen and oxygen atoms in total. The average molecular weight is 414 g/mol. The van der Waals surface area contributed by atoms with Gasteiger partial charge in [-0.15, -0.1) is 11.3 Å². The van der Waals surface area contributed by atoms with Gasteiger partial charge in [-0.05, 0) is 43.3 Å². The fourth-order valence-electron chi connectivity index (χ4n) is 3.26. The highest BCUT2D eigenvalue weighted by Gasteiger charge is 2.25. The van der Waals surface area contributed by atoms with Crippen LogP contribution in [0.1, 0.15) is 10.4 Å². The molecule has 0 saturated heterocycles. The van der Waals surface area contributed by atoms with Crippen molar-refractivity contribution in [3.63, 3.8) is 0 Å². The number of fused-ring (bicyclic) bond motifs is 3. The predicted octanol–water partition coefficient (Wildman–Crippen LogP) is 3.75. The highest BCUT2D eigenvalue weighted by Crippen LogP contribution is 2.38. The summed E-state index contributed by atoms with van der Waals surface area (Å²) in [6.07, 6.45) is 5.86. The van der Waals surface area contributed by atoms with E-state index in [2.05, 4.69) is 20.6 Å². The number of aromatic nitrogens is 2. The van der Waals surface area contributed by atoms with Crippen molar-refractivity contribution in [2.75, 3.05) is 25.5 Å². The van der Waals surface area contributed by atoms with Crippen LogP contribution in [0.25, 0.3) is 10.2 Å². The number of likely N-dealkylation sites (N-methyl/N-ethyl adjacent to an activating group) is 1. The second kappa shape index (κ2) is 8.26. The molecule has 1 aliphatic rings. The van der Waals surface area contributed by atoms with E-state index in [1.165, 1.54) is 10.4 Å². The number of nitrogens with zero attached hydrogens (tertiary/aromatic N) is 3. The zero-order valence-electron chi connectivity index (χ0n) is 15.4. The lowest BCUT2D eigenvalue weighted by atomic mass is 10.0. The standard InChI is InChI=1S/C20H20ClN5OS/c1-22-9-2-3-17(27)26-10-8-15-16(11-26)28-20-18(15)19(23-12-24-20)25-14-6-4-13(21)5-7-14/h2-7,12,22H,8-11H2,1H3,(H,23,24,25)/b3-2+. The van der Waals surface area contributed by atoms with Crippen LogP contribution in [0.15, 0.2) is 42.7 Å². The topological polar surface area (TPSA) is 70.2 Å². The van der Waals surface area contributed by atoms with Gasteiger partial charge in [0.15, 0.2) is 0 Å². The molecule has 4 rings (SSSR count). The summed E-state index contributed by atoms with van der Waals surface area (Å²) in [6, 6.07) is 7.53. The molecule has 2 aromatic heterocycles. The van der Waals surface area contributed by atoms with Crippen molar-refractivity contribution >= 4 is 50.6 Å². The minimum Gasteiger partial charge on any atom is -0.340 e. The minimum atomic E-state index is 0.0453. The van der Waals surface area contributed by atoms with E-state index in [-0.39, 0.29) is 5.91 Å². The van der Waals surface area contributed by atoms with Crippen molar-refractivity contribution in [2.24, 2.45) is 0 Å². The first-order chi connectivity index (χ1) is 13.7. The van der Waals surface area contributed by atoms with E-state index in [0.717, 1.165) is 28.1 Å². The second-order valence-corrected chi connectivity index (χ2v) is 8.03. The van der Waals surface area contributed by atoms with Crippen molar-refractivity contribution in [3.8, 4) is 0 Å². The molecule has 0 unspecified atom stereocenters. The first-order valence-corrected chi connectivity index (χ1v) is 10.2. The third-order valence-electron chi connectivity index (χ3n) is 4.64. The molecule has 1 amide bonds. The molecule has 0 spiro atoms. The Kier molecular flexibility index (Phi) is 5.57. The van der Waals surface area contributed by atoms with E-state index in [1.807, 2.05) is 42.3 Å². The molecule has 2 N–H and O–H groups in total. The average Bonchev–Trinajstić information content (AvgIpc) is 3.08. The highest BCUT2D eigenvalue weighted by atomic mass is 35.5. The fraction of sp³-hybridized carbons (Fsp3) is 0.250. The smallest absolute Gasteiger partial charge is 0.246 e. The highest BCUT2D eigenvalue weighted by molar-refractivity contribution is 7.19. The van der Waals surface area contributed by atoms with Crippen molar-refractivity contribution in [2.45, 2.75) is 13.0 Å². The van der Waals surface area contributed by atoms with Gasteiger partial charge in [-0.3, -0.25) is 4.79 Å². The predicted molar refractivity (Wildman–Crippen MR) is 114 cm³/mol. The van der Waals surface area contributed by atoms with E-state index >= 15 is 0 Å². The molecule has 1 aliphatic heterocycles. The number of amides is 1. The quantitative estimate of drug-likeness (QED) is 0.623. The summed E-state index contributed by atoms with van der Waals surface area (Å²) in [5.41, 5.74) is 2.16. The van der Waals surface area contributed by atoms with Crippen LogP contribution in [0.4, 0.5) is 11.5 Å². The summed E-state index contributed by atoms with van der Waals surface area (Å²) >= 11 is 7.61. The SMILES string of the molecule is CNC/C=C/C(=O)N1CCc2c(sc3ncnc(Nc4ccc(Cl)cc4)c23)C1. The van der Waals surface area contributed by atoms with Gasteiger partial charge < -0.3 is 15.5 Å². The van der Waals surface area contributed by atoms with Gasteiger partial charge >= 0.3 is 0 Å². The monoisotopic (exact) mass is 413 g/mol. The first-order valence-electron chi connectivity index (χ1n) is 9.03. The Morgan fingerprint density at radius 2 is 2.14 bits per heavy atom. The van der Waals surface area contributed by atoms with E-state index in [1.54, 1.807) is 23.7 Å². The normalized spacial score (nSPS) is 13.9. The molecule has 0 aliphatic carbocycles. The largest absolute Gasteiger partial charge is 0.340 e. The Labute approximate surface area is 172 Å². The third kappa shape index (κ3) is 3.87. The number of rotatable bonds is 5. The number of nitrogens with one attached hydrogen (secondary N) is 2. The molecule has 0 atom stereocenters. The molecule has 1 aromatic carbocycles. The maximum atomic E-state index is 12.4. The second-order valence-electron chi connectivity index (χ2n) is 6.51. The zero-order chi connectivity index (χ0) is 19.5. The summed E-state index contributed by atoms with van der Waals surface area (Å²) in [4.78, 5) is 25.3. The van der Waals surface area contributed by atoms with Gasteiger partial charge in [-0.25, -0.2) is 9.97 Å². The van der Waals surface area contributed by atoms with Crippen LogP contribution in [0.3, 0.4) is 0 Å². The van der Waals surface area contributed by atoms with Crippen molar-refractivity contribution < 1.29 is 4.79 Å². The number of anilines is 2. The molecule has 0 saturated carbocycles. The van der Waals surface area contributed by atoms with Gasteiger partial charge in [0, 0.05) is 34.8 Å². The molecule has 3 aromatic rings. The number of carbonyl (C=O) groups excluding carboxylic acids is 1. The van der Waals surface area contributed by atoms with Crippen LogP contribution in [-0.2, 0) is 17.8 Å². The number of thiophene rings is 1. The summed E-state index contributed by atoms with van der Waals surface area (Å²) < 4.78 is 0. The molecule has 28 heavy (non-hydrogen) atoms. The lowest BCUT2D eigenvalue weighted by Crippen LogP contribution is -2.34. The van der Waals surface area contributed by atoms with E-state index in [9.17, 15) is 4.79 Å². The summed E-state index contributed by atoms with van der Waals surface area (Å²) in [7, 11) is 1.86. The Bertz CT molecular complexity index is 1030. The molecule has 0 bridgehead atoms. The van der Waals surface area contributed by atoms with E-state index < -0.39 is 0 Å². The molecular formula is C20H20ClN5OS. The Balaban J connectivity index is 1.61. The van der Waals surface area contributed by atoms with Crippen LogP contribution in [-0.4, -0.2) is 40.9 Å². The van der Waals surface area contributed by atoms with E-state index in [4.69, 9.17) is 11.6 Å². The van der Waals surface area contributed by atoms with Crippen molar-refractivity contribution in [3.05, 3.63) is 58.2 Å². The summed E-state index contributed by atoms with van der Waals surface area (Å²) in [6.45, 7) is 1.99. The van der Waals surface area contributed by atoms with Gasteiger partial charge in [-0.2, -0.15) is 0 Å². The van der Waals surface area contributed by atoms with Crippen LogP contribution in [0.2, 0.25) is 5.02 Å². The summed E-state index contributed by atoms with van der Waals surface area (Å²) in [5, 5.41) is 8.13. The van der Waals surface area contributed by atoms with Crippen LogP contribution in [0.5, 0.6) is 0 Å². The first kappa shape index (κ1) is 18.9. The Hall–Kier alpha value is -2.48. The van der Waals surface area contributed by atoms with Crippen LogP contribution >= 0.6 is 22.9 Å². The zero-order valence-corrected chi connectivity index (χ0v) is 17.0. The minimum absolute atomic E-state index is 0.0453. The van der Waals surface area contributed by atoms with E-state index in [0.29, 0.717) is 24.7 Å². The van der Waals surface area contributed by atoms with Crippen molar-refractivity contribution in [1.29, 1.82) is 0 Å². The maximum Gasteiger partial charge on any atom is 0.246 e. The lowest BCUT2D eigenvalue weighted by Gasteiger charge is -2.26. The van der Waals surface area contributed by atoms with Crippen LogP contribution in [0, 0.1) is 0 Å². The van der Waals surface area contributed by atoms with Crippen molar-refractivity contribution in [1.82, 2.24) is 20.2 Å². The number of benzene rings is 1. The fourth-order valence-corrected chi connectivity index (χ4v) is 4.59. The number of carbonyl (C=O) groups is 1. The molecule has 0 radical (unpaired) electrons. The Morgan fingerprint density at radius 3 is 2.93 bits per heavy atom. The number of halogens is 1. The molecular weight excluding hydrogens is 394 g/mol. The van der Waals surface area contributed by atoms with Gasteiger partial charge in [0.1, 0.15) is 17.0 Å². The van der Waals surface area contributed by atoms with Crippen LogP contribution < -0.4 is 10.6 Å². The molecule has 144 valence electrons. The maximum absolute atomic E-state index is 12.4. The van der Waals surface area contributed by atoms with Gasteiger partial charge in [0.05, 0.1) is 11.9 Å². The van der Waals surface area contributed by atoms with Gasteiger partial charge in [0.25, 0.3) is 0 Å².